The van der Waals surface area contributed by atoms with Gasteiger partial charge in [0.05, 0.1) is 0 Å². The molecule has 0 aliphatic carbocycles. The van der Waals surface area contributed by atoms with E-state index in [4.69, 9.17) is 14.2 Å². The molecule has 1 unspecified atom stereocenters. The molecule has 0 heterocycles. The molecule has 0 aliphatic rings. The normalized spacial score (nSPS) is 12.8. The van der Waals surface area contributed by atoms with E-state index in [0.717, 1.165) is 116 Å². The molecule has 6 nitrogen and oxygen atoms in total. The van der Waals surface area contributed by atoms with E-state index in [1.807, 2.05) is 0 Å². The molecule has 1 atom stereocenters. The molecule has 0 aliphatic heterocycles. The molecule has 0 fully saturated rings. The fourth-order valence-electron chi connectivity index (χ4n) is 6.40. The molecular formula is C54H90O6. The van der Waals surface area contributed by atoms with Gasteiger partial charge in [0.15, 0.2) is 6.10 Å². The van der Waals surface area contributed by atoms with Crippen LogP contribution in [0.15, 0.2) is 85.1 Å². The van der Waals surface area contributed by atoms with E-state index >= 15 is 0 Å². The van der Waals surface area contributed by atoms with Crippen LogP contribution in [0.4, 0.5) is 0 Å². The summed E-state index contributed by atoms with van der Waals surface area (Å²) < 4.78 is 16.7. The number of esters is 3. The number of hydrogen-bond acceptors (Lipinski definition) is 6. The Labute approximate surface area is 369 Å². The van der Waals surface area contributed by atoms with E-state index in [1.54, 1.807) is 0 Å². The number of allylic oxidation sites excluding steroid dienone is 14. The average Bonchev–Trinajstić information content (AvgIpc) is 3.24. The number of hydrogen-bond donors (Lipinski definition) is 0. The van der Waals surface area contributed by atoms with Crippen molar-refractivity contribution in [2.75, 3.05) is 13.2 Å². The molecule has 60 heavy (non-hydrogen) atoms. The number of unbranched alkanes of at least 4 members (excludes halogenated alkanes) is 19. The number of rotatable bonds is 43. The smallest absolute Gasteiger partial charge is 0.306 e. The molecule has 0 spiro atoms. The van der Waals surface area contributed by atoms with Crippen LogP contribution < -0.4 is 0 Å². The Morgan fingerprint density at radius 1 is 0.367 bits per heavy atom. The van der Waals surface area contributed by atoms with Crippen molar-refractivity contribution in [2.45, 2.75) is 226 Å². The van der Waals surface area contributed by atoms with E-state index in [-0.39, 0.29) is 31.1 Å². The summed E-state index contributed by atoms with van der Waals surface area (Å²) in [5.74, 6) is -0.954. The standard InChI is InChI=1S/C54H90O6/c1-4-7-10-13-16-19-22-24-26-28-29-32-35-38-41-44-47-53(56)59-50-51(49-58-52(55)46-43-40-37-34-31-21-18-15-12-9-6-3)60-54(57)48-45-42-39-36-33-30-27-25-23-20-17-14-11-8-5-2/h7,10,15-20,23-26,29,32,51H,4-6,8-9,11-14,21-22,27-28,30-31,33-50H2,1-3H3/b10-7-,18-15-,19-16-,20-17-,25-23-,26-24-,32-29-. The van der Waals surface area contributed by atoms with Gasteiger partial charge in [-0.05, 0) is 103 Å². The molecule has 0 aromatic carbocycles. The average molecular weight is 835 g/mol. The Balaban J connectivity index is 4.47. The first-order valence-corrected chi connectivity index (χ1v) is 24.6. The van der Waals surface area contributed by atoms with Crippen molar-refractivity contribution in [2.24, 2.45) is 0 Å². The minimum Gasteiger partial charge on any atom is -0.462 e. The van der Waals surface area contributed by atoms with Gasteiger partial charge in [-0.1, -0.05) is 183 Å². The van der Waals surface area contributed by atoms with Gasteiger partial charge in [0.2, 0.25) is 0 Å². The van der Waals surface area contributed by atoms with Crippen molar-refractivity contribution in [3.8, 4) is 0 Å². The second-order valence-electron chi connectivity index (χ2n) is 16.0. The highest BCUT2D eigenvalue weighted by molar-refractivity contribution is 5.71. The maximum Gasteiger partial charge on any atom is 0.306 e. The molecule has 0 aromatic heterocycles. The monoisotopic (exact) mass is 835 g/mol. The minimum absolute atomic E-state index is 0.0970. The van der Waals surface area contributed by atoms with Gasteiger partial charge in [-0.15, -0.1) is 0 Å². The summed E-state index contributed by atoms with van der Waals surface area (Å²) in [5.41, 5.74) is 0. The zero-order valence-electron chi connectivity index (χ0n) is 38.9. The van der Waals surface area contributed by atoms with Crippen molar-refractivity contribution in [3.05, 3.63) is 85.1 Å². The molecule has 6 heteroatoms. The fourth-order valence-corrected chi connectivity index (χ4v) is 6.40. The van der Waals surface area contributed by atoms with Crippen molar-refractivity contribution >= 4 is 17.9 Å². The Morgan fingerprint density at radius 2 is 0.717 bits per heavy atom. The van der Waals surface area contributed by atoms with Crippen LogP contribution in [0, 0.1) is 0 Å². The largest absolute Gasteiger partial charge is 0.462 e. The highest BCUT2D eigenvalue weighted by Gasteiger charge is 2.19. The molecule has 0 N–H and O–H groups in total. The first kappa shape index (κ1) is 56.6. The Morgan fingerprint density at radius 3 is 1.20 bits per heavy atom. The van der Waals surface area contributed by atoms with E-state index in [1.165, 1.54) is 64.2 Å². The Bertz CT molecular complexity index is 1190. The van der Waals surface area contributed by atoms with Gasteiger partial charge in [-0.2, -0.15) is 0 Å². The van der Waals surface area contributed by atoms with E-state index in [0.29, 0.717) is 19.3 Å². The lowest BCUT2D eigenvalue weighted by Gasteiger charge is -2.18. The van der Waals surface area contributed by atoms with Crippen LogP contribution >= 0.6 is 0 Å². The van der Waals surface area contributed by atoms with Crippen LogP contribution in [0.3, 0.4) is 0 Å². The third kappa shape index (κ3) is 45.7. The summed E-state index contributed by atoms with van der Waals surface area (Å²) in [6.45, 7) is 6.40. The summed E-state index contributed by atoms with van der Waals surface area (Å²) in [7, 11) is 0. The number of ether oxygens (including phenoxy) is 3. The predicted molar refractivity (Wildman–Crippen MR) is 256 cm³/mol. The number of carbonyl (C=O) groups is 3. The second kappa shape index (κ2) is 48.3. The van der Waals surface area contributed by atoms with Crippen LogP contribution in [-0.4, -0.2) is 37.2 Å². The molecule has 0 radical (unpaired) electrons. The molecule has 0 rings (SSSR count). The van der Waals surface area contributed by atoms with E-state index in [9.17, 15) is 14.4 Å². The lowest BCUT2D eigenvalue weighted by Crippen LogP contribution is -2.30. The molecule has 0 saturated heterocycles. The maximum atomic E-state index is 12.8. The summed E-state index contributed by atoms with van der Waals surface area (Å²) in [6, 6.07) is 0. The van der Waals surface area contributed by atoms with Crippen LogP contribution in [0.5, 0.6) is 0 Å². The van der Waals surface area contributed by atoms with Gasteiger partial charge in [-0.25, -0.2) is 0 Å². The van der Waals surface area contributed by atoms with Crippen molar-refractivity contribution in [1.82, 2.24) is 0 Å². The minimum atomic E-state index is -0.798. The topological polar surface area (TPSA) is 78.9 Å². The van der Waals surface area contributed by atoms with Gasteiger partial charge in [-0.3, -0.25) is 14.4 Å². The predicted octanol–water partition coefficient (Wildman–Crippen LogP) is 16.0. The Kier molecular flexibility index (Phi) is 45.5. The molecule has 0 amide bonds. The molecule has 342 valence electrons. The molecular weight excluding hydrogens is 745 g/mol. The van der Waals surface area contributed by atoms with Gasteiger partial charge >= 0.3 is 17.9 Å². The van der Waals surface area contributed by atoms with Crippen molar-refractivity contribution < 1.29 is 28.6 Å². The quantitative estimate of drug-likeness (QED) is 0.0200. The lowest BCUT2D eigenvalue weighted by molar-refractivity contribution is -0.167. The first-order valence-electron chi connectivity index (χ1n) is 24.6. The van der Waals surface area contributed by atoms with E-state index in [2.05, 4.69) is 106 Å². The third-order valence-electron chi connectivity index (χ3n) is 10.1. The highest BCUT2D eigenvalue weighted by atomic mass is 16.6. The van der Waals surface area contributed by atoms with Gasteiger partial charge < -0.3 is 14.2 Å². The summed E-state index contributed by atoms with van der Waals surface area (Å²) in [4.78, 5) is 37.9. The molecule has 0 aromatic rings. The third-order valence-corrected chi connectivity index (χ3v) is 10.1. The first-order chi connectivity index (χ1) is 29.5. The zero-order valence-corrected chi connectivity index (χ0v) is 38.9. The highest BCUT2D eigenvalue weighted by Crippen LogP contribution is 2.13. The van der Waals surface area contributed by atoms with Crippen LogP contribution in [-0.2, 0) is 28.6 Å². The van der Waals surface area contributed by atoms with Crippen molar-refractivity contribution in [1.29, 1.82) is 0 Å². The zero-order chi connectivity index (χ0) is 43.7. The Hall–Kier alpha value is -3.41. The summed E-state index contributed by atoms with van der Waals surface area (Å²) >= 11 is 0. The van der Waals surface area contributed by atoms with Gasteiger partial charge in [0, 0.05) is 19.3 Å². The fraction of sp³-hybridized carbons (Fsp3) is 0.685. The maximum absolute atomic E-state index is 12.8. The van der Waals surface area contributed by atoms with Crippen LogP contribution in [0.2, 0.25) is 0 Å². The molecule has 0 saturated carbocycles. The van der Waals surface area contributed by atoms with Gasteiger partial charge in [0.1, 0.15) is 13.2 Å². The summed E-state index contributed by atoms with van der Waals surface area (Å²) in [5, 5.41) is 0. The SMILES string of the molecule is CC/C=C\C/C=C\C/C=C\C/C=C\CCCCCC(=O)OCC(COC(=O)CCCCCCC/C=C\CCCC)OC(=O)CCCCCCCC/C=C\C=C/CCCCC. The second-order valence-corrected chi connectivity index (χ2v) is 16.0. The summed E-state index contributed by atoms with van der Waals surface area (Å²) in [6.07, 6.45) is 61.3. The number of carbonyl (C=O) groups excluding carboxylic acids is 3. The van der Waals surface area contributed by atoms with Crippen molar-refractivity contribution in [3.63, 3.8) is 0 Å². The van der Waals surface area contributed by atoms with Crippen LogP contribution in [0.1, 0.15) is 220 Å². The van der Waals surface area contributed by atoms with E-state index < -0.39 is 6.10 Å². The molecule has 0 bridgehead atoms. The van der Waals surface area contributed by atoms with Gasteiger partial charge in [0.25, 0.3) is 0 Å². The van der Waals surface area contributed by atoms with Crippen LogP contribution in [0.25, 0.3) is 0 Å². The lowest BCUT2D eigenvalue weighted by atomic mass is 10.1.